The van der Waals surface area contributed by atoms with Crippen LogP contribution in [-0.2, 0) is 10.8 Å². The number of ether oxygens (including phenoxy) is 1. The number of para-hydroxylation sites is 1. The summed E-state index contributed by atoms with van der Waals surface area (Å²) in [5.74, 6) is 1.99. The molecule has 2 heterocycles. The van der Waals surface area contributed by atoms with Crippen LogP contribution in [0.1, 0.15) is 52.4 Å². The quantitative estimate of drug-likeness (QED) is 0.595. The molecule has 0 saturated carbocycles. The summed E-state index contributed by atoms with van der Waals surface area (Å²) in [5.41, 5.74) is 3.37. The highest BCUT2D eigenvalue weighted by atomic mass is 16.5. The molecular weight excluding hydrogens is 334 g/mol. The number of hydrogen-bond acceptors (Lipinski definition) is 3. The molecule has 0 radical (unpaired) electrons. The number of nitrogens with one attached hydrogen (secondary N) is 1. The van der Waals surface area contributed by atoms with Crippen LogP contribution in [0.4, 0.5) is 5.69 Å². The van der Waals surface area contributed by atoms with E-state index in [-0.39, 0.29) is 16.9 Å². The summed E-state index contributed by atoms with van der Waals surface area (Å²) in [4.78, 5) is 0. The van der Waals surface area contributed by atoms with E-state index in [0.717, 1.165) is 34.6 Å². The van der Waals surface area contributed by atoms with Crippen LogP contribution in [0.2, 0.25) is 0 Å². The lowest BCUT2D eigenvalue weighted by atomic mass is 9.82. The molecule has 3 aromatic rings. The van der Waals surface area contributed by atoms with Crippen LogP contribution in [0.3, 0.4) is 0 Å². The molecule has 27 heavy (non-hydrogen) atoms. The Hall–Kier alpha value is -2.42. The predicted molar refractivity (Wildman–Crippen MR) is 112 cm³/mol. The Kier molecular flexibility index (Phi) is 4.21. The Labute approximate surface area is 161 Å². The van der Waals surface area contributed by atoms with E-state index in [1.165, 1.54) is 5.56 Å². The molecule has 1 atom stereocenters. The fourth-order valence-corrected chi connectivity index (χ4v) is 3.82. The summed E-state index contributed by atoms with van der Waals surface area (Å²) in [6, 6.07) is 17.1. The predicted octanol–water partition coefficient (Wildman–Crippen LogP) is 6.27. The zero-order chi connectivity index (χ0) is 19.2. The van der Waals surface area contributed by atoms with Gasteiger partial charge in [-0.1, -0.05) is 58.9 Å². The van der Waals surface area contributed by atoms with Gasteiger partial charge in [0.2, 0.25) is 0 Å². The third-order valence-corrected chi connectivity index (χ3v) is 5.50. The van der Waals surface area contributed by atoms with Crippen LogP contribution in [0.25, 0.3) is 11.0 Å². The van der Waals surface area contributed by atoms with Crippen molar-refractivity contribution in [3.63, 3.8) is 0 Å². The molecule has 0 bridgehead atoms. The lowest BCUT2D eigenvalue weighted by Crippen LogP contribution is -2.37. The molecule has 0 fully saturated rings. The standard InChI is InChI=1S/C24H29NO2/c1-23(2,3)17-10-11-19-21(13-17)26-15-18(25-19)14-24(4,5)22-12-16-8-6-7-9-20(16)27-22/h6-13,18,25H,14-15H2,1-5H3. The van der Waals surface area contributed by atoms with E-state index < -0.39 is 0 Å². The van der Waals surface area contributed by atoms with Gasteiger partial charge < -0.3 is 14.5 Å². The number of hydrogen-bond donors (Lipinski definition) is 1. The van der Waals surface area contributed by atoms with Gasteiger partial charge in [-0.3, -0.25) is 0 Å². The molecule has 1 unspecified atom stereocenters. The number of rotatable bonds is 3. The minimum absolute atomic E-state index is 0.0805. The first-order valence-corrected chi connectivity index (χ1v) is 9.75. The molecule has 142 valence electrons. The molecule has 0 saturated heterocycles. The van der Waals surface area contributed by atoms with Crippen molar-refractivity contribution in [3.8, 4) is 5.75 Å². The van der Waals surface area contributed by atoms with E-state index in [1.807, 2.05) is 18.2 Å². The first kappa shape index (κ1) is 18.0. The van der Waals surface area contributed by atoms with Gasteiger partial charge >= 0.3 is 0 Å². The first-order valence-electron chi connectivity index (χ1n) is 9.75. The largest absolute Gasteiger partial charge is 0.489 e. The summed E-state index contributed by atoms with van der Waals surface area (Å²) < 4.78 is 12.2. The minimum Gasteiger partial charge on any atom is -0.489 e. The van der Waals surface area contributed by atoms with Crippen molar-refractivity contribution < 1.29 is 9.15 Å². The highest BCUT2D eigenvalue weighted by Crippen LogP contribution is 2.38. The van der Waals surface area contributed by atoms with E-state index in [2.05, 4.69) is 70.3 Å². The van der Waals surface area contributed by atoms with Crippen LogP contribution < -0.4 is 10.1 Å². The van der Waals surface area contributed by atoms with E-state index in [4.69, 9.17) is 9.15 Å². The van der Waals surface area contributed by atoms with Crippen LogP contribution in [0.5, 0.6) is 5.75 Å². The Morgan fingerprint density at radius 1 is 1.00 bits per heavy atom. The van der Waals surface area contributed by atoms with Gasteiger partial charge in [-0.05, 0) is 41.7 Å². The van der Waals surface area contributed by atoms with Gasteiger partial charge in [0, 0.05) is 10.8 Å². The zero-order valence-corrected chi connectivity index (χ0v) is 16.9. The van der Waals surface area contributed by atoms with Crippen molar-refractivity contribution in [1.29, 1.82) is 0 Å². The summed E-state index contributed by atoms with van der Waals surface area (Å²) in [7, 11) is 0. The van der Waals surface area contributed by atoms with E-state index >= 15 is 0 Å². The molecule has 0 spiro atoms. The Morgan fingerprint density at radius 3 is 2.52 bits per heavy atom. The highest BCUT2D eigenvalue weighted by molar-refractivity contribution is 5.78. The number of furan rings is 1. The fraction of sp³-hybridized carbons (Fsp3) is 0.417. The number of anilines is 1. The maximum absolute atomic E-state index is 6.13. The van der Waals surface area contributed by atoms with Crippen molar-refractivity contribution in [2.75, 3.05) is 11.9 Å². The van der Waals surface area contributed by atoms with Crippen molar-refractivity contribution in [3.05, 3.63) is 59.9 Å². The lowest BCUT2D eigenvalue weighted by molar-refractivity contribution is 0.249. The average Bonchev–Trinajstić information content (AvgIpc) is 3.05. The van der Waals surface area contributed by atoms with Gasteiger partial charge in [-0.15, -0.1) is 0 Å². The van der Waals surface area contributed by atoms with Crippen LogP contribution in [0.15, 0.2) is 52.9 Å². The smallest absolute Gasteiger partial charge is 0.142 e. The van der Waals surface area contributed by atoms with Crippen LogP contribution >= 0.6 is 0 Å². The second-order valence-electron chi connectivity index (χ2n) is 9.35. The van der Waals surface area contributed by atoms with E-state index in [1.54, 1.807) is 0 Å². The second kappa shape index (κ2) is 6.33. The van der Waals surface area contributed by atoms with Crippen LogP contribution in [-0.4, -0.2) is 12.6 Å². The zero-order valence-electron chi connectivity index (χ0n) is 16.9. The lowest BCUT2D eigenvalue weighted by Gasteiger charge is -2.33. The summed E-state index contributed by atoms with van der Waals surface area (Å²) in [6.45, 7) is 11.8. The molecule has 0 amide bonds. The molecule has 0 aliphatic carbocycles. The van der Waals surface area contributed by atoms with Gasteiger partial charge in [0.05, 0.1) is 11.7 Å². The van der Waals surface area contributed by atoms with Crippen molar-refractivity contribution in [2.45, 2.75) is 57.9 Å². The van der Waals surface area contributed by atoms with Gasteiger partial charge in [-0.2, -0.15) is 0 Å². The highest BCUT2D eigenvalue weighted by Gasteiger charge is 2.31. The van der Waals surface area contributed by atoms with Gasteiger partial charge in [-0.25, -0.2) is 0 Å². The van der Waals surface area contributed by atoms with Crippen LogP contribution in [0, 0.1) is 0 Å². The Balaban J connectivity index is 1.52. The molecule has 1 aliphatic heterocycles. The maximum atomic E-state index is 6.13. The third kappa shape index (κ3) is 3.55. The Bertz CT molecular complexity index is 929. The summed E-state index contributed by atoms with van der Waals surface area (Å²) >= 11 is 0. The molecule has 3 nitrogen and oxygen atoms in total. The average molecular weight is 364 g/mol. The Morgan fingerprint density at radius 2 is 1.78 bits per heavy atom. The number of benzene rings is 2. The molecule has 1 aromatic heterocycles. The van der Waals surface area contributed by atoms with Crippen molar-refractivity contribution >= 4 is 16.7 Å². The second-order valence-corrected chi connectivity index (χ2v) is 9.35. The van der Waals surface area contributed by atoms with E-state index in [0.29, 0.717) is 6.61 Å². The summed E-state index contributed by atoms with van der Waals surface area (Å²) in [6.07, 6.45) is 0.938. The third-order valence-electron chi connectivity index (χ3n) is 5.50. The topological polar surface area (TPSA) is 34.4 Å². The molecule has 1 N–H and O–H groups in total. The van der Waals surface area contributed by atoms with Gasteiger partial charge in [0.25, 0.3) is 0 Å². The normalized spacial score (nSPS) is 17.3. The molecule has 1 aliphatic rings. The summed E-state index contributed by atoms with van der Waals surface area (Å²) in [5, 5.41) is 4.83. The van der Waals surface area contributed by atoms with Crippen molar-refractivity contribution in [1.82, 2.24) is 0 Å². The minimum atomic E-state index is -0.0805. The van der Waals surface area contributed by atoms with Gasteiger partial charge in [0.15, 0.2) is 0 Å². The number of fused-ring (bicyclic) bond motifs is 2. The molecule has 4 rings (SSSR count). The fourth-order valence-electron chi connectivity index (χ4n) is 3.82. The van der Waals surface area contributed by atoms with E-state index in [9.17, 15) is 0 Å². The monoisotopic (exact) mass is 363 g/mol. The molecule has 2 aromatic carbocycles. The first-order chi connectivity index (χ1) is 12.7. The SMILES string of the molecule is CC(C)(C)c1ccc2c(c1)OCC(CC(C)(C)c1cc3ccccc3o1)N2. The maximum Gasteiger partial charge on any atom is 0.142 e. The molecule has 3 heteroatoms. The molecular formula is C24H29NO2. The van der Waals surface area contributed by atoms with Crippen molar-refractivity contribution in [2.24, 2.45) is 0 Å². The van der Waals surface area contributed by atoms with Gasteiger partial charge in [0.1, 0.15) is 23.7 Å².